The van der Waals surface area contributed by atoms with Crippen LogP contribution >= 0.6 is 23.2 Å². The van der Waals surface area contributed by atoms with Crippen molar-refractivity contribution in [2.45, 2.75) is 44.9 Å². The maximum absolute atomic E-state index is 6.17. The molecule has 86 valence electrons. The van der Waals surface area contributed by atoms with Crippen molar-refractivity contribution in [1.82, 2.24) is 9.97 Å². The molecule has 1 fully saturated rings. The van der Waals surface area contributed by atoms with Crippen LogP contribution in [0, 0.1) is 5.41 Å². The van der Waals surface area contributed by atoms with Crippen LogP contribution in [0.3, 0.4) is 0 Å². The van der Waals surface area contributed by atoms with Gasteiger partial charge >= 0.3 is 0 Å². The standard InChI is InChI=1S/C12H14Cl2N2/c13-10-8-7-12(4-1-2-5-12)6-3-9(8)15-11(14)16-10/h1-7H2. The minimum Gasteiger partial charge on any atom is -0.223 e. The molecule has 0 unspecified atom stereocenters. The van der Waals surface area contributed by atoms with Crippen LogP contribution < -0.4 is 0 Å². The third-order valence-electron chi connectivity index (χ3n) is 4.12. The summed E-state index contributed by atoms with van der Waals surface area (Å²) < 4.78 is 0. The second-order valence-electron chi connectivity index (χ2n) is 5.09. The van der Waals surface area contributed by atoms with Gasteiger partial charge in [0, 0.05) is 5.56 Å². The Morgan fingerprint density at radius 2 is 1.75 bits per heavy atom. The van der Waals surface area contributed by atoms with E-state index in [1.807, 2.05) is 0 Å². The number of halogens is 2. The summed E-state index contributed by atoms with van der Waals surface area (Å²) in [6.07, 6.45) is 8.71. The zero-order valence-electron chi connectivity index (χ0n) is 9.10. The summed E-state index contributed by atoms with van der Waals surface area (Å²) in [6, 6.07) is 0. The van der Waals surface area contributed by atoms with Gasteiger partial charge in [-0.3, -0.25) is 0 Å². The lowest BCUT2D eigenvalue weighted by Crippen LogP contribution is -2.27. The fraction of sp³-hybridized carbons (Fsp3) is 0.667. The Balaban J connectivity index is 1.99. The molecule has 0 N–H and O–H groups in total. The van der Waals surface area contributed by atoms with Crippen molar-refractivity contribution >= 4 is 23.2 Å². The lowest BCUT2D eigenvalue weighted by atomic mass is 9.72. The van der Waals surface area contributed by atoms with Gasteiger partial charge in [0.2, 0.25) is 5.28 Å². The molecule has 0 amide bonds. The van der Waals surface area contributed by atoms with Crippen LogP contribution in [-0.4, -0.2) is 9.97 Å². The van der Waals surface area contributed by atoms with Crippen molar-refractivity contribution in [3.05, 3.63) is 21.7 Å². The van der Waals surface area contributed by atoms with Crippen LogP contribution in [0.25, 0.3) is 0 Å². The number of nitrogens with zero attached hydrogens (tertiary/aromatic N) is 2. The van der Waals surface area contributed by atoms with E-state index in [0.717, 1.165) is 24.1 Å². The molecule has 1 heterocycles. The Hall–Kier alpha value is -0.340. The molecule has 3 rings (SSSR count). The molecule has 1 spiro atoms. The molecule has 1 aromatic rings. The van der Waals surface area contributed by atoms with Gasteiger partial charge in [-0.05, 0) is 49.1 Å². The number of hydrogen-bond acceptors (Lipinski definition) is 2. The van der Waals surface area contributed by atoms with Gasteiger partial charge in [-0.25, -0.2) is 9.97 Å². The van der Waals surface area contributed by atoms with Crippen molar-refractivity contribution < 1.29 is 0 Å². The molecule has 2 nitrogen and oxygen atoms in total. The summed E-state index contributed by atoms with van der Waals surface area (Å²) in [5, 5.41) is 0.854. The monoisotopic (exact) mass is 256 g/mol. The molecule has 16 heavy (non-hydrogen) atoms. The average Bonchev–Trinajstić information content (AvgIpc) is 2.68. The average molecular weight is 257 g/mol. The molecule has 1 aromatic heterocycles. The SMILES string of the molecule is Clc1nc(Cl)c2c(n1)CCC1(CCCC1)C2. The Bertz CT molecular complexity index is 425. The van der Waals surface area contributed by atoms with Crippen molar-refractivity contribution in [2.24, 2.45) is 5.41 Å². The van der Waals surface area contributed by atoms with Crippen molar-refractivity contribution in [3.8, 4) is 0 Å². The number of hydrogen-bond donors (Lipinski definition) is 0. The Labute approximate surface area is 105 Å². The highest BCUT2D eigenvalue weighted by Gasteiger charge is 2.38. The van der Waals surface area contributed by atoms with Crippen molar-refractivity contribution in [2.75, 3.05) is 0 Å². The van der Waals surface area contributed by atoms with E-state index in [4.69, 9.17) is 23.2 Å². The topological polar surface area (TPSA) is 25.8 Å². The van der Waals surface area contributed by atoms with Crippen LogP contribution in [0.4, 0.5) is 0 Å². The lowest BCUT2D eigenvalue weighted by Gasteiger charge is -2.34. The second-order valence-corrected chi connectivity index (χ2v) is 5.79. The summed E-state index contributed by atoms with van der Waals surface area (Å²) in [7, 11) is 0. The first-order chi connectivity index (χ1) is 7.69. The largest absolute Gasteiger partial charge is 0.224 e. The second kappa shape index (κ2) is 3.85. The predicted octanol–water partition coefficient (Wildman–Crippen LogP) is 3.83. The first-order valence-corrected chi connectivity index (χ1v) is 6.65. The summed E-state index contributed by atoms with van der Waals surface area (Å²) in [4.78, 5) is 8.36. The van der Waals surface area contributed by atoms with E-state index >= 15 is 0 Å². The summed E-state index contributed by atoms with van der Waals surface area (Å²) in [5.74, 6) is 0. The maximum Gasteiger partial charge on any atom is 0.224 e. The minimum absolute atomic E-state index is 0.283. The maximum atomic E-state index is 6.17. The number of rotatable bonds is 0. The quantitative estimate of drug-likeness (QED) is 0.521. The zero-order chi connectivity index (χ0) is 11.2. The molecule has 0 saturated heterocycles. The van der Waals surface area contributed by atoms with E-state index in [2.05, 4.69) is 9.97 Å². The molecule has 0 bridgehead atoms. The summed E-state index contributed by atoms with van der Waals surface area (Å²) >= 11 is 12.0. The fourth-order valence-corrected chi connectivity index (χ4v) is 3.74. The Morgan fingerprint density at radius 1 is 1.00 bits per heavy atom. The molecule has 1 saturated carbocycles. The molecule has 2 aliphatic rings. The van der Waals surface area contributed by atoms with E-state index in [0.29, 0.717) is 10.6 Å². The molecular formula is C12H14Cl2N2. The van der Waals surface area contributed by atoms with Crippen LogP contribution in [0.15, 0.2) is 0 Å². The van der Waals surface area contributed by atoms with E-state index < -0.39 is 0 Å². The van der Waals surface area contributed by atoms with E-state index in [1.54, 1.807) is 0 Å². The molecule has 0 aromatic carbocycles. The van der Waals surface area contributed by atoms with Crippen molar-refractivity contribution in [1.29, 1.82) is 0 Å². The van der Waals surface area contributed by atoms with E-state index in [1.165, 1.54) is 32.1 Å². The third kappa shape index (κ3) is 1.72. The van der Waals surface area contributed by atoms with E-state index in [-0.39, 0.29) is 5.28 Å². The molecular weight excluding hydrogens is 243 g/mol. The fourth-order valence-electron chi connectivity index (χ4n) is 3.25. The van der Waals surface area contributed by atoms with Crippen LogP contribution in [0.1, 0.15) is 43.4 Å². The van der Waals surface area contributed by atoms with Gasteiger partial charge in [-0.2, -0.15) is 0 Å². The van der Waals surface area contributed by atoms with Gasteiger partial charge in [0.15, 0.2) is 0 Å². The third-order valence-corrected chi connectivity index (χ3v) is 4.60. The highest BCUT2D eigenvalue weighted by atomic mass is 35.5. The van der Waals surface area contributed by atoms with E-state index in [9.17, 15) is 0 Å². The van der Waals surface area contributed by atoms with Crippen LogP contribution in [0.2, 0.25) is 10.4 Å². The predicted molar refractivity (Wildman–Crippen MR) is 65.0 cm³/mol. The van der Waals surface area contributed by atoms with Crippen molar-refractivity contribution in [3.63, 3.8) is 0 Å². The number of aromatic nitrogens is 2. The molecule has 4 heteroatoms. The summed E-state index contributed by atoms with van der Waals surface area (Å²) in [6.45, 7) is 0. The highest BCUT2D eigenvalue weighted by Crippen LogP contribution is 2.48. The first-order valence-electron chi connectivity index (χ1n) is 5.89. The van der Waals surface area contributed by atoms with Gasteiger partial charge in [-0.1, -0.05) is 24.4 Å². The first kappa shape index (κ1) is 10.8. The highest BCUT2D eigenvalue weighted by molar-refractivity contribution is 6.32. The smallest absolute Gasteiger partial charge is 0.223 e. The zero-order valence-corrected chi connectivity index (χ0v) is 10.6. The van der Waals surface area contributed by atoms with Gasteiger partial charge in [0.25, 0.3) is 0 Å². The van der Waals surface area contributed by atoms with Gasteiger partial charge in [0.05, 0.1) is 5.69 Å². The Morgan fingerprint density at radius 3 is 2.50 bits per heavy atom. The minimum atomic E-state index is 0.283. The normalized spacial score (nSPS) is 22.4. The molecule has 0 radical (unpaired) electrons. The number of fused-ring (bicyclic) bond motifs is 1. The van der Waals surface area contributed by atoms with Crippen LogP contribution in [-0.2, 0) is 12.8 Å². The molecule has 2 aliphatic carbocycles. The van der Waals surface area contributed by atoms with Gasteiger partial charge in [0.1, 0.15) is 5.15 Å². The van der Waals surface area contributed by atoms with Gasteiger partial charge < -0.3 is 0 Å². The molecule has 0 aliphatic heterocycles. The summed E-state index contributed by atoms with van der Waals surface area (Å²) in [5.41, 5.74) is 2.72. The van der Waals surface area contributed by atoms with Crippen LogP contribution in [0.5, 0.6) is 0 Å². The molecule has 0 atom stereocenters. The Kier molecular flexibility index (Phi) is 2.60. The number of aryl methyl sites for hydroxylation is 1. The lowest BCUT2D eigenvalue weighted by molar-refractivity contribution is 0.252. The van der Waals surface area contributed by atoms with Gasteiger partial charge in [-0.15, -0.1) is 0 Å².